The molecule has 3 aliphatic rings. The summed E-state index contributed by atoms with van der Waals surface area (Å²) in [5.74, 6) is 1.45. The molecule has 6 rings (SSSR count). The lowest BCUT2D eigenvalue weighted by molar-refractivity contribution is -0.116. The summed E-state index contributed by atoms with van der Waals surface area (Å²) in [6.45, 7) is 8.33. The van der Waals surface area contributed by atoms with E-state index in [1.54, 1.807) is 35.8 Å². The highest BCUT2D eigenvalue weighted by Gasteiger charge is 2.55. The number of esters is 1. The molecular weight excluding hydrogens is 555 g/mol. The summed E-state index contributed by atoms with van der Waals surface area (Å²) in [4.78, 5) is 41.9. The maximum absolute atomic E-state index is 13.4. The molecule has 2 bridgehead atoms. The van der Waals surface area contributed by atoms with Crippen molar-refractivity contribution in [2.24, 2.45) is 17.8 Å². The lowest BCUT2D eigenvalue weighted by Crippen LogP contribution is -2.35. The SMILES string of the molecule is CCOC(=O)c1ccc(NC(=O)Cn2c3c(sc2=O)C(c2ccc(N(CC)CC)cc2)C2C4CCC(C4)C2S3)cc1. The Kier molecular flexibility index (Phi) is 8.01. The van der Waals surface area contributed by atoms with Crippen molar-refractivity contribution >= 4 is 46.3 Å². The Morgan fingerprint density at radius 2 is 1.71 bits per heavy atom. The Morgan fingerprint density at radius 1 is 1.00 bits per heavy atom. The highest BCUT2D eigenvalue weighted by Crippen LogP contribution is 2.64. The number of ether oxygens (including phenoxy) is 1. The molecule has 1 aromatic heterocycles. The number of fused-ring (bicyclic) bond motifs is 6. The quantitative estimate of drug-likeness (QED) is 0.298. The monoisotopic (exact) mass is 591 g/mol. The Hall–Kier alpha value is -3.04. The first-order chi connectivity index (χ1) is 19.9. The predicted molar refractivity (Wildman–Crippen MR) is 165 cm³/mol. The molecule has 5 unspecified atom stereocenters. The second kappa shape index (κ2) is 11.7. The van der Waals surface area contributed by atoms with Gasteiger partial charge in [-0.3, -0.25) is 14.2 Å². The van der Waals surface area contributed by atoms with Crippen LogP contribution in [0.3, 0.4) is 0 Å². The molecule has 0 spiro atoms. The number of amides is 1. The van der Waals surface area contributed by atoms with Gasteiger partial charge < -0.3 is 15.0 Å². The molecule has 0 radical (unpaired) electrons. The van der Waals surface area contributed by atoms with Crippen molar-refractivity contribution in [1.82, 2.24) is 4.57 Å². The number of nitrogens with zero attached hydrogens (tertiary/aromatic N) is 2. The van der Waals surface area contributed by atoms with Crippen LogP contribution in [0.1, 0.15) is 66.8 Å². The van der Waals surface area contributed by atoms with Crippen molar-refractivity contribution in [2.45, 2.75) is 62.8 Å². The second-order valence-corrected chi connectivity index (χ2v) is 13.4. The first-order valence-electron chi connectivity index (χ1n) is 14.7. The van der Waals surface area contributed by atoms with Gasteiger partial charge in [0.1, 0.15) is 6.54 Å². The van der Waals surface area contributed by atoms with E-state index >= 15 is 0 Å². The summed E-state index contributed by atoms with van der Waals surface area (Å²) in [5, 5.41) is 4.35. The highest BCUT2D eigenvalue weighted by molar-refractivity contribution is 8.00. The molecule has 2 saturated carbocycles. The van der Waals surface area contributed by atoms with Gasteiger partial charge in [-0.25, -0.2) is 4.79 Å². The van der Waals surface area contributed by atoms with Crippen molar-refractivity contribution in [3.63, 3.8) is 0 Å². The van der Waals surface area contributed by atoms with Gasteiger partial charge in [-0.05, 0) is 99.7 Å². The number of anilines is 2. The molecule has 2 fully saturated rings. The molecule has 2 aromatic carbocycles. The number of nitrogens with one attached hydrogen (secondary N) is 1. The fourth-order valence-electron chi connectivity index (χ4n) is 7.19. The Morgan fingerprint density at radius 3 is 2.39 bits per heavy atom. The van der Waals surface area contributed by atoms with Gasteiger partial charge in [0.25, 0.3) is 0 Å². The van der Waals surface area contributed by atoms with Crippen molar-refractivity contribution < 1.29 is 14.3 Å². The maximum atomic E-state index is 13.4. The topological polar surface area (TPSA) is 80.6 Å². The second-order valence-electron chi connectivity index (χ2n) is 11.2. The summed E-state index contributed by atoms with van der Waals surface area (Å²) in [6, 6.07) is 15.6. The van der Waals surface area contributed by atoms with E-state index in [-0.39, 0.29) is 23.2 Å². The summed E-state index contributed by atoms with van der Waals surface area (Å²) < 4.78 is 6.72. The van der Waals surface area contributed by atoms with Crippen molar-refractivity contribution in [1.29, 1.82) is 0 Å². The van der Waals surface area contributed by atoms with Gasteiger partial charge in [-0.2, -0.15) is 0 Å². The van der Waals surface area contributed by atoms with Gasteiger partial charge in [-0.15, -0.1) is 11.8 Å². The van der Waals surface area contributed by atoms with Crippen LogP contribution in [0, 0.1) is 17.8 Å². The van der Waals surface area contributed by atoms with Gasteiger partial charge in [0.15, 0.2) is 0 Å². The Balaban J connectivity index is 1.27. The van der Waals surface area contributed by atoms with Gasteiger partial charge in [-0.1, -0.05) is 23.5 Å². The minimum absolute atomic E-state index is 0.0314. The predicted octanol–water partition coefficient (Wildman–Crippen LogP) is 6.22. The zero-order valence-corrected chi connectivity index (χ0v) is 25.4. The molecule has 3 aromatic rings. The van der Waals surface area contributed by atoms with Crippen molar-refractivity contribution in [2.75, 3.05) is 29.9 Å². The fraction of sp³-hybridized carbons (Fsp3) is 0.469. The molecule has 0 saturated heterocycles. The first-order valence-corrected chi connectivity index (χ1v) is 16.4. The number of carbonyl (C=O) groups is 2. The molecule has 1 amide bonds. The highest BCUT2D eigenvalue weighted by atomic mass is 32.2. The van der Waals surface area contributed by atoms with Crippen LogP contribution in [0.5, 0.6) is 0 Å². The smallest absolute Gasteiger partial charge is 0.338 e. The molecule has 7 nitrogen and oxygen atoms in total. The van der Waals surface area contributed by atoms with Crippen LogP contribution in [-0.4, -0.2) is 41.4 Å². The summed E-state index contributed by atoms with van der Waals surface area (Å²) in [5.41, 5.74) is 3.52. The van der Waals surface area contributed by atoms with E-state index in [9.17, 15) is 14.4 Å². The lowest BCUT2D eigenvalue weighted by atomic mass is 9.75. The van der Waals surface area contributed by atoms with E-state index in [1.165, 1.54) is 41.9 Å². The van der Waals surface area contributed by atoms with Gasteiger partial charge >= 0.3 is 10.8 Å². The summed E-state index contributed by atoms with van der Waals surface area (Å²) >= 11 is 3.16. The number of carbonyl (C=O) groups excluding carboxylic acids is 2. The standard InChI is InChI=1S/C32H37N3O4S2/c1-4-34(5-2)24-15-11-19(12-16-24)26-27-21-7-8-22(17-21)28(27)40-30-29(26)41-32(38)35(30)18-25(36)33-23-13-9-20(10-14-23)31(37)39-6-3/h9-16,21-22,26-28H,4-8,17-18H2,1-3H3,(H,33,36). The van der Waals surface area contributed by atoms with Crippen molar-refractivity contribution in [3.05, 3.63) is 74.2 Å². The Bertz CT molecular complexity index is 1480. The molecule has 1 aliphatic heterocycles. The minimum atomic E-state index is -0.393. The van der Waals surface area contributed by atoms with Gasteiger partial charge in [0.2, 0.25) is 5.91 Å². The Labute approximate surface area is 249 Å². The van der Waals surface area contributed by atoms with Crippen LogP contribution in [0.4, 0.5) is 11.4 Å². The number of benzene rings is 2. The zero-order chi connectivity index (χ0) is 28.7. The molecule has 2 heterocycles. The average Bonchev–Trinajstić information content (AvgIpc) is 3.68. The van der Waals surface area contributed by atoms with Gasteiger partial charge in [0, 0.05) is 40.5 Å². The number of thiazole rings is 1. The fourth-order valence-corrected chi connectivity index (χ4v) is 10.3. The third-order valence-electron chi connectivity index (χ3n) is 9.05. The lowest BCUT2D eigenvalue weighted by Gasteiger charge is -2.40. The van der Waals surface area contributed by atoms with E-state index in [0.717, 1.165) is 23.0 Å². The average molecular weight is 592 g/mol. The number of thioether (sulfide) groups is 1. The molecule has 5 atom stereocenters. The number of aromatic nitrogens is 1. The molecule has 1 N–H and O–H groups in total. The van der Waals surface area contributed by atoms with Crippen LogP contribution >= 0.6 is 23.1 Å². The molecular formula is C32H37N3O4S2. The minimum Gasteiger partial charge on any atom is -0.462 e. The summed E-state index contributed by atoms with van der Waals surface area (Å²) in [7, 11) is 0. The van der Waals surface area contributed by atoms with Crippen LogP contribution in [0.25, 0.3) is 0 Å². The zero-order valence-electron chi connectivity index (χ0n) is 23.8. The first kappa shape index (κ1) is 28.1. The molecule has 216 valence electrons. The third kappa shape index (κ3) is 5.23. The maximum Gasteiger partial charge on any atom is 0.338 e. The van der Waals surface area contributed by atoms with E-state index in [0.29, 0.717) is 40.9 Å². The van der Waals surface area contributed by atoms with E-state index in [1.807, 2.05) is 11.8 Å². The van der Waals surface area contributed by atoms with Crippen LogP contribution in [-0.2, 0) is 16.1 Å². The molecule has 2 aliphatic carbocycles. The molecule has 9 heteroatoms. The van der Waals surface area contributed by atoms with Gasteiger partial charge in [0.05, 0.1) is 17.2 Å². The number of hydrogen-bond donors (Lipinski definition) is 1. The third-order valence-corrected chi connectivity index (χ3v) is 11.9. The van der Waals surface area contributed by atoms with Crippen LogP contribution < -0.4 is 15.1 Å². The molecule has 41 heavy (non-hydrogen) atoms. The normalized spacial score (nSPS) is 24.0. The van der Waals surface area contributed by atoms with E-state index < -0.39 is 5.97 Å². The summed E-state index contributed by atoms with van der Waals surface area (Å²) in [6.07, 6.45) is 3.82. The van der Waals surface area contributed by atoms with Crippen LogP contribution in [0.15, 0.2) is 58.4 Å². The van der Waals surface area contributed by atoms with Crippen molar-refractivity contribution in [3.8, 4) is 0 Å². The number of rotatable bonds is 9. The van der Waals surface area contributed by atoms with E-state index in [4.69, 9.17) is 4.74 Å². The largest absolute Gasteiger partial charge is 0.462 e. The number of hydrogen-bond acceptors (Lipinski definition) is 7. The van der Waals surface area contributed by atoms with Crippen LogP contribution in [0.2, 0.25) is 0 Å². The van der Waals surface area contributed by atoms with E-state index in [2.05, 4.69) is 48.3 Å².